The minimum atomic E-state index is -0.513. The van der Waals surface area contributed by atoms with Crippen LogP contribution in [-0.2, 0) is 0 Å². The summed E-state index contributed by atoms with van der Waals surface area (Å²) in [5.41, 5.74) is 4.26. The van der Waals surface area contributed by atoms with Crippen LogP contribution in [0.4, 0.5) is 21.6 Å². The fourth-order valence-electron chi connectivity index (χ4n) is 6.37. The van der Waals surface area contributed by atoms with Gasteiger partial charge in [0.15, 0.2) is 0 Å². The third kappa shape index (κ3) is 3.82. The van der Waals surface area contributed by atoms with Gasteiger partial charge in [0.25, 0.3) is 0 Å². The molecule has 0 saturated heterocycles. The molecule has 0 saturated carbocycles. The van der Waals surface area contributed by atoms with E-state index in [1.807, 2.05) is 36.4 Å². The van der Waals surface area contributed by atoms with E-state index in [0.717, 1.165) is 32.9 Å². The molecule has 0 N–H and O–H groups in total. The predicted molar refractivity (Wildman–Crippen MR) is 174 cm³/mol. The van der Waals surface area contributed by atoms with Crippen LogP contribution in [0.25, 0.3) is 54.2 Å². The second-order valence-corrected chi connectivity index (χ2v) is 10.5. The molecule has 0 unspecified atom stereocenters. The first kappa shape index (κ1) is 24.3. The Balaban J connectivity index is 1.55. The lowest BCUT2D eigenvalue weighted by Crippen LogP contribution is -2.13. The van der Waals surface area contributed by atoms with E-state index in [9.17, 15) is 4.39 Å². The molecule has 8 rings (SSSR count). The highest BCUT2D eigenvalue weighted by Crippen LogP contribution is 2.49. The summed E-state index contributed by atoms with van der Waals surface area (Å²) in [4.78, 5) is 6.43. The second kappa shape index (κ2) is 9.83. The van der Waals surface area contributed by atoms with Crippen LogP contribution < -0.4 is 4.90 Å². The third-order valence-electron chi connectivity index (χ3n) is 8.11. The van der Waals surface area contributed by atoms with E-state index in [-0.39, 0.29) is 0 Å². The minimum absolute atomic E-state index is 0.513. The molecular weight excluding hydrogens is 515 g/mol. The van der Waals surface area contributed by atoms with Crippen molar-refractivity contribution in [2.45, 2.75) is 0 Å². The van der Waals surface area contributed by atoms with Gasteiger partial charge < -0.3 is 0 Å². The highest BCUT2D eigenvalue weighted by atomic mass is 19.1. The highest BCUT2D eigenvalue weighted by molar-refractivity contribution is 6.26. The molecule has 0 amide bonds. The van der Waals surface area contributed by atoms with Gasteiger partial charge in [0.05, 0.1) is 5.69 Å². The number of aromatic nitrogens is 1. The molecule has 0 radical (unpaired) electrons. The van der Waals surface area contributed by atoms with Gasteiger partial charge in [-0.05, 0) is 73.8 Å². The highest BCUT2D eigenvalue weighted by Gasteiger charge is 2.23. The minimum Gasteiger partial charge on any atom is -0.294 e. The first-order valence-corrected chi connectivity index (χ1v) is 14.1. The summed E-state index contributed by atoms with van der Waals surface area (Å²) in [6.45, 7) is 0. The molecule has 42 heavy (non-hydrogen) atoms. The predicted octanol–water partition coefficient (Wildman–Crippen LogP) is 11.0. The number of anilines is 3. The van der Waals surface area contributed by atoms with Crippen LogP contribution >= 0.6 is 0 Å². The van der Waals surface area contributed by atoms with Crippen molar-refractivity contribution in [3.8, 4) is 11.1 Å². The summed E-state index contributed by atoms with van der Waals surface area (Å²) < 4.78 is 14.6. The smallest absolute Gasteiger partial charge is 0.214 e. The summed E-state index contributed by atoms with van der Waals surface area (Å²) >= 11 is 0. The zero-order valence-electron chi connectivity index (χ0n) is 22.7. The number of rotatable bonds is 4. The van der Waals surface area contributed by atoms with E-state index in [2.05, 4.69) is 113 Å². The lowest BCUT2D eigenvalue weighted by Gasteiger charge is -2.28. The van der Waals surface area contributed by atoms with Crippen molar-refractivity contribution >= 4 is 60.3 Å². The number of halogens is 1. The molecule has 198 valence electrons. The number of pyridine rings is 1. The maximum Gasteiger partial charge on any atom is 0.214 e. The monoisotopic (exact) mass is 540 g/mol. The van der Waals surface area contributed by atoms with Crippen LogP contribution in [0.5, 0.6) is 0 Å². The number of para-hydroxylation sites is 1. The SMILES string of the molecule is Fc1cccc(N(c2ccccc2)c2c3ccccc3c(-c3cc4ccccc4c4ccccc34)c3ccccc23)n1. The summed E-state index contributed by atoms with van der Waals surface area (Å²) in [6, 6.07) is 51.7. The lowest BCUT2D eigenvalue weighted by molar-refractivity contribution is 0.584. The molecule has 2 nitrogen and oxygen atoms in total. The van der Waals surface area contributed by atoms with Gasteiger partial charge in [0.1, 0.15) is 5.82 Å². The van der Waals surface area contributed by atoms with Crippen molar-refractivity contribution in [1.82, 2.24) is 4.98 Å². The number of hydrogen-bond acceptors (Lipinski definition) is 2. The van der Waals surface area contributed by atoms with Gasteiger partial charge in [-0.25, -0.2) is 4.98 Å². The molecule has 0 aliphatic heterocycles. The van der Waals surface area contributed by atoms with E-state index in [1.165, 1.54) is 38.7 Å². The number of benzene rings is 7. The van der Waals surface area contributed by atoms with E-state index < -0.39 is 5.95 Å². The Morgan fingerprint density at radius 3 is 1.67 bits per heavy atom. The zero-order chi connectivity index (χ0) is 28.0. The Labute approximate surface area is 242 Å². The van der Waals surface area contributed by atoms with Gasteiger partial charge in [-0.1, -0.05) is 121 Å². The maximum atomic E-state index is 14.6. The summed E-state index contributed by atoms with van der Waals surface area (Å²) in [5.74, 6) is 0.0155. The normalized spacial score (nSPS) is 11.5. The first-order chi connectivity index (χ1) is 20.8. The van der Waals surface area contributed by atoms with Crippen LogP contribution in [0.3, 0.4) is 0 Å². The average Bonchev–Trinajstić information content (AvgIpc) is 3.05. The van der Waals surface area contributed by atoms with E-state index in [4.69, 9.17) is 0 Å². The van der Waals surface area contributed by atoms with Crippen molar-refractivity contribution in [2.75, 3.05) is 4.90 Å². The summed E-state index contributed by atoms with van der Waals surface area (Å²) in [6.07, 6.45) is 0. The standard InChI is InChI=1S/C39H25FN2/c40-36-23-12-24-37(41-36)42(27-14-2-1-3-15-27)39-33-21-10-8-19-31(33)38(32-20-9-11-22-34(32)39)35-25-26-13-4-5-16-28(26)29-17-6-7-18-30(29)35/h1-25H. The molecule has 0 bridgehead atoms. The lowest BCUT2D eigenvalue weighted by atomic mass is 9.86. The van der Waals surface area contributed by atoms with Crippen molar-refractivity contribution in [2.24, 2.45) is 0 Å². The van der Waals surface area contributed by atoms with Crippen molar-refractivity contribution in [3.63, 3.8) is 0 Å². The van der Waals surface area contributed by atoms with Crippen molar-refractivity contribution in [3.05, 3.63) is 158 Å². The van der Waals surface area contributed by atoms with Gasteiger partial charge in [-0.3, -0.25) is 4.90 Å². The van der Waals surface area contributed by atoms with Gasteiger partial charge in [0.2, 0.25) is 5.95 Å². The fraction of sp³-hybridized carbons (Fsp3) is 0. The maximum absolute atomic E-state index is 14.6. The largest absolute Gasteiger partial charge is 0.294 e. The number of hydrogen-bond donors (Lipinski definition) is 0. The van der Waals surface area contributed by atoms with E-state index >= 15 is 0 Å². The Kier molecular flexibility index (Phi) is 5.68. The van der Waals surface area contributed by atoms with Crippen molar-refractivity contribution < 1.29 is 4.39 Å². The summed E-state index contributed by atoms with van der Waals surface area (Å²) in [5, 5.41) is 9.29. The summed E-state index contributed by atoms with van der Waals surface area (Å²) in [7, 11) is 0. The molecular formula is C39H25FN2. The Hall–Kier alpha value is -5.54. The molecule has 3 heteroatoms. The first-order valence-electron chi connectivity index (χ1n) is 14.1. The van der Waals surface area contributed by atoms with Crippen LogP contribution in [0.1, 0.15) is 0 Å². The Bertz CT molecular complexity index is 2220. The Morgan fingerprint density at radius 2 is 1.00 bits per heavy atom. The fourth-order valence-corrected chi connectivity index (χ4v) is 6.37. The van der Waals surface area contributed by atoms with E-state index in [1.54, 1.807) is 6.07 Å². The molecule has 0 fully saturated rings. The number of nitrogens with zero attached hydrogens (tertiary/aromatic N) is 2. The van der Waals surface area contributed by atoms with Crippen LogP contribution in [0.2, 0.25) is 0 Å². The second-order valence-electron chi connectivity index (χ2n) is 10.5. The van der Waals surface area contributed by atoms with Crippen LogP contribution in [0, 0.1) is 5.95 Å². The quantitative estimate of drug-likeness (QED) is 0.125. The van der Waals surface area contributed by atoms with Gasteiger partial charge >= 0.3 is 0 Å². The van der Waals surface area contributed by atoms with Crippen LogP contribution in [-0.4, -0.2) is 4.98 Å². The molecule has 0 spiro atoms. The molecule has 1 heterocycles. The zero-order valence-corrected chi connectivity index (χ0v) is 22.7. The topological polar surface area (TPSA) is 16.1 Å². The third-order valence-corrected chi connectivity index (χ3v) is 8.11. The van der Waals surface area contributed by atoms with E-state index in [0.29, 0.717) is 5.82 Å². The van der Waals surface area contributed by atoms with Crippen LogP contribution in [0.15, 0.2) is 152 Å². The molecule has 0 atom stereocenters. The molecule has 0 aliphatic carbocycles. The number of fused-ring (bicyclic) bond motifs is 5. The average molecular weight is 541 g/mol. The van der Waals surface area contributed by atoms with Gasteiger partial charge in [-0.15, -0.1) is 0 Å². The van der Waals surface area contributed by atoms with Gasteiger partial charge in [-0.2, -0.15) is 4.39 Å². The van der Waals surface area contributed by atoms with Gasteiger partial charge in [0, 0.05) is 16.5 Å². The Morgan fingerprint density at radius 1 is 0.452 bits per heavy atom. The molecule has 0 aliphatic rings. The van der Waals surface area contributed by atoms with Crippen molar-refractivity contribution in [1.29, 1.82) is 0 Å². The molecule has 1 aromatic heterocycles. The molecule has 8 aromatic rings. The molecule has 7 aromatic carbocycles.